The third kappa shape index (κ3) is 3.70. The van der Waals surface area contributed by atoms with E-state index >= 15 is 0 Å². The van der Waals surface area contributed by atoms with Gasteiger partial charge in [-0.1, -0.05) is 0 Å². The summed E-state index contributed by atoms with van der Waals surface area (Å²) in [7, 11) is 0. The molecule has 1 heterocycles. The topological polar surface area (TPSA) is 69.7 Å². The number of nitrogens with one attached hydrogen (secondary N) is 1. The van der Waals surface area contributed by atoms with E-state index in [9.17, 15) is 14.4 Å². The molecule has 7 heteroatoms. The van der Waals surface area contributed by atoms with Gasteiger partial charge in [0.05, 0.1) is 5.75 Å². The average Bonchev–Trinajstić information content (AvgIpc) is 3.19. The molecule has 0 spiro atoms. The Kier molecular flexibility index (Phi) is 4.81. The van der Waals surface area contributed by atoms with E-state index in [0.29, 0.717) is 24.1 Å². The lowest BCUT2D eigenvalue weighted by Gasteiger charge is -2.20. The van der Waals surface area contributed by atoms with Gasteiger partial charge in [-0.2, -0.15) is 11.8 Å². The molecule has 4 amide bonds. The van der Waals surface area contributed by atoms with Crippen molar-refractivity contribution in [2.75, 3.05) is 24.6 Å². The monoisotopic (exact) mass is 313 g/mol. The first kappa shape index (κ1) is 16.1. The number of hydrogen-bond donors (Lipinski definition) is 1. The number of nitrogens with zero attached hydrogens (tertiary/aromatic N) is 2. The zero-order chi connectivity index (χ0) is 15.6. The van der Waals surface area contributed by atoms with Gasteiger partial charge in [0.25, 0.3) is 5.91 Å². The van der Waals surface area contributed by atoms with E-state index in [0.717, 1.165) is 19.4 Å². The van der Waals surface area contributed by atoms with Gasteiger partial charge in [0.15, 0.2) is 0 Å². The number of carbonyl (C=O) groups excluding carboxylic acids is 3. The van der Waals surface area contributed by atoms with Crippen molar-refractivity contribution in [3.05, 3.63) is 0 Å². The zero-order valence-electron chi connectivity index (χ0n) is 12.8. The van der Waals surface area contributed by atoms with Crippen molar-refractivity contribution < 1.29 is 14.4 Å². The van der Waals surface area contributed by atoms with E-state index in [4.69, 9.17) is 0 Å². The van der Waals surface area contributed by atoms with Crippen LogP contribution in [0.4, 0.5) is 4.79 Å². The lowest BCUT2D eigenvalue weighted by Crippen LogP contribution is -2.40. The first-order valence-corrected chi connectivity index (χ1v) is 8.53. The van der Waals surface area contributed by atoms with Crippen molar-refractivity contribution in [1.29, 1.82) is 0 Å². The molecule has 1 N–H and O–H groups in total. The van der Waals surface area contributed by atoms with Crippen molar-refractivity contribution in [2.45, 2.75) is 45.2 Å². The largest absolute Gasteiger partial charge is 0.339 e. The van der Waals surface area contributed by atoms with Crippen molar-refractivity contribution >= 4 is 29.6 Å². The van der Waals surface area contributed by atoms with Crippen LogP contribution >= 0.6 is 11.8 Å². The normalized spacial score (nSPS) is 20.6. The van der Waals surface area contributed by atoms with Crippen LogP contribution in [0.5, 0.6) is 0 Å². The van der Waals surface area contributed by atoms with Gasteiger partial charge in [-0.05, 0) is 33.6 Å². The van der Waals surface area contributed by atoms with Gasteiger partial charge in [0.2, 0.25) is 5.91 Å². The van der Waals surface area contributed by atoms with Crippen molar-refractivity contribution in [2.24, 2.45) is 0 Å². The molecule has 0 aromatic heterocycles. The van der Waals surface area contributed by atoms with E-state index in [1.54, 1.807) is 13.8 Å². The molecule has 0 unspecified atom stereocenters. The molecule has 0 aromatic rings. The molecule has 1 aliphatic heterocycles. The van der Waals surface area contributed by atoms with Crippen LogP contribution in [0.3, 0.4) is 0 Å². The standard InChI is InChI=1S/C14H23N3O3S/c1-4-16(10-5-6-10)11(18)9-21-8-7-17-12(19)14(2,3)15-13(17)20/h10H,4-9H2,1-3H3,(H,15,20). The minimum atomic E-state index is -0.817. The fourth-order valence-electron chi connectivity index (χ4n) is 2.44. The number of thioether (sulfide) groups is 1. The summed E-state index contributed by atoms with van der Waals surface area (Å²) in [6.45, 7) is 6.49. The zero-order valence-corrected chi connectivity index (χ0v) is 13.7. The molecular formula is C14H23N3O3S. The number of carbonyl (C=O) groups is 3. The summed E-state index contributed by atoms with van der Waals surface area (Å²) in [4.78, 5) is 38.8. The molecule has 1 aliphatic carbocycles. The number of amides is 4. The van der Waals surface area contributed by atoms with E-state index in [1.165, 1.54) is 16.7 Å². The van der Waals surface area contributed by atoms with E-state index in [-0.39, 0.29) is 17.8 Å². The summed E-state index contributed by atoms with van der Waals surface area (Å²) >= 11 is 1.48. The van der Waals surface area contributed by atoms with E-state index in [2.05, 4.69) is 5.32 Å². The summed E-state index contributed by atoms with van der Waals surface area (Å²) in [6, 6.07) is 0.0972. The van der Waals surface area contributed by atoms with Crippen LogP contribution in [-0.4, -0.2) is 63.8 Å². The van der Waals surface area contributed by atoms with Crippen molar-refractivity contribution in [3.8, 4) is 0 Å². The Morgan fingerprint density at radius 2 is 2.10 bits per heavy atom. The maximum atomic E-state index is 12.0. The molecule has 2 aliphatic rings. The second-order valence-corrected chi connectivity index (χ2v) is 7.08. The van der Waals surface area contributed by atoms with Gasteiger partial charge in [-0.25, -0.2) is 4.79 Å². The Morgan fingerprint density at radius 1 is 1.43 bits per heavy atom. The Balaban J connectivity index is 1.71. The predicted octanol–water partition coefficient (Wildman–Crippen LogP) is 1.06. The van der Waals surface area contributed by atoms with Gasteiger partial charge in [0.1, 0.15) is 5.54 Å². The highest BCUT2D eigenvalue weighted by Gasteiger charge is 2.43. The molecule has 0 atom stereocenters. The van der Waals surface area contributed by atoms with Crippen molar-refractivity contribution in [1.82, 2.24) is 15.1 Å². The maximum absolute atomic E-state index is 12.0. The van der Waals surface area contributed by atoms with Crippen LogP contribution in [0, 0.1) is 0 Å². The second kappa shape index (κ2) is 6.25. The number of hydrogen-bond acceptors (Lipinski definition) is 4. The molecule has 0 aromatic carbocycles. The first-order valence-electron chi connectivity index (χ1n) is 7.38. The van der Waals surface area contributed by atoms with Crippen LogP contribution in [0.2, 0.25) is 0 Å². The van der Waals surface area contributed by atoms with Crippen LogP contribution in [0.25, 0.3) is 0 Å². The molecular weight excluding hydrogens is 290 g/mol. The van der Waals surface area contributed by atoms with Gasteiger partial charge in [-0.3, -0.25) is 14.5 Å². The molecule has 1 saturated heterocycles. The maximum Gasteiger partial charge on any atom is 0.325 e. The average molecular weight is 313 g/mol. The van der Waals surface area contributed by atoms with E-state index in [1.807, 2.05) is 11.8 Å². The molecule has 2 fully saturated rings. The highest BCUT2D eigenvalue weighted by Crippen LogP contribution is 2.27. The molecule has 2 rings (SSSR count). The first-order chi connectivity index (χ1) is 9.86. The Labute approximate surface area is 129 Å². The number of urea groups is 1. The van der Waals surface area contributed by atoms with E-state index < -0.39 is 5.54 Å². The lowest BCUT2D eigenvalue weighted by molar-refractivity contribution is -0.130. The smallest absolute Gasteiger partial charge is 0.325 e. The number of imide groups is 1. The Hall–Kier alpha value is -1.24. The quantitative estimate of drug-likeness (QED) is 0.564. The summed E-state index contributed by atoms with van der Waals surface area (Å²) in [5.74, 6) is 0.954. The van der Waals surface area contributed by atoms with Gasteiger partial charge in [-0.15, -0.1) is 0 Å². The number of rotatable bonds is 7. The van der Waals surface area contributed by atoms with Crippen LogP contribution < -0.4 is 5.32 Å². The van der Waals surface area contributed by atoms with Crippen LogP contribution in [0.15, 0.2) is 0 Å². The lowest BCUT2D eigenvalue weighted by atomic mass is 10.1. The summed E-state index contributed by atoms with van der Waals surface area (Å²) < 4.78 is 0. The molecule has 0 bridgehead atoms. The molecule has 1 saturated carbocycles. The van der Waals surface area contributed by atoms with Crippen molar-refractivity contribution in [3.63, 3.8) is 0 Å². The summed E-state index contributed by atoms with van der Waals surface area (Å²) in [6.07, 6.45) is 2.23. The molecule has 118 valence electrons. The van der Waals surface area contributed by atoms with Gasteiger partial charge < -0.3 is 10.2 Å². The van der Waals surface area contributed by atoms with Crippen LogP contribution in [-0.2, 0) is 9.59 Å². The summed E-state index contributed by atoms with van der Waals surface area (Å²) in [5.41, 5.74) is -0.817. The minimum Gasteiger partial charge on any atom is -0.339 e. The summed E-state index contributed by atoms with van der Waals surface area (Å²) in [5, 5.41) is 2.65. The fourth-order valence-corrected chi connectivity index (χ4v) is 3.24. The fraction of sp³-hybridized carbons (Fsp3) is 0.786. The Morgan fingerprint density at radius 3 is 2.57 bits per heavy atom. The minimum absolute atomic E-state index is 0.155. The Bertz CT molecular complexity index is 449. The SMILES string of the molecule is CCN(C(=O)CSCCN1C(=O)NC(C)(C)C1=O)C1CC1. The van der Waals surface area contributed by atoms with Gasteiger partial charge in [0, 0.05) is 24.9 Å². The highest BCUT2D eigenvalue weighted by molar-refractivity contribution is 7.99. The molecule has 21 heavy (non-hydrogen) atoms. The molecule has 0 radical (unpaired) electrons. The second-order valence-electron chi connectivity index (χ2n) is 5.98. The predicted molar refractivity (Wildman–Crippen MR) is 82.1 cm³/mol. The third-order valence-corrected chi connectivity index (χ3v) is 4.70. The van der Waals surface area contributed by atoms with Gasteiger partial charge >= 0.3 is 6.03 Å². The van der Waals surface area contributed by atoms with Crippen LogP contribution in [0.1, 0.15) is 33.6 Å². The molecule has 6 nitrogen and oxygen atoms in total. The highest BCUT2D eigenvalue weighted by atomic mass is 32.2. The third-order valence-electron chi connectivity index (χ3n) is 3.78.